The molecule has 28 heavy (non-hydrogen) atoms. The molecule has 0 aliphatic carbocycles. The molecule has 7 heteroatoms. The maximum Gasteiger partial charge on any atom is 0.230 e. The van der Waals surface area contributed by atoms with Gasteiger partial charge in [0.2, 0.25) is 11.2 Å². The fourth-order valence-electron chi connectivity index (χ4n) is 3.98. The van der Waals surface area contributed by atoms with E-state index in [1.165, 1.54) is 28.4 Å². The quantitative estimate of drug-likeness (QED) is 0.498. The van der Waals surface area contributed by atoms with Gasteiger partial charge in [0.05, 0.1) is 6.04 Å². The van der Waals surface area contributed by atoms with Crippen molar-refractivity contribution in [1.82, 2.24) is 19.9 Å². The zero-order chi connectivity index (χ0) is 19.3. The van der Waals surface area contributed by atoms with E-state index in [9.17, 15) is 0 Å². The van der Waals surface area contributed by atoms with E-state index in [0.717, 1.165) is 29.2 Å². The van der Waals surface area contributed by atoms with E-state index >= 15 is 0 Å². The monoisotopic (exact) mass is 409 g/mol. The Morgan fingerprint density at radius 1 is 1.07 bits per heavy atom. The highest BCUT2D eigenvalue weighted by molar-refractivity contribution is 6.31. The molecule has 5 rings (SSSR count). The first-order valence-corrected chi connectivity index (χ1v) is 9.83. The minimum absolute atomic E-state index is 0.0472. The van der Waals surface area contributed by atoms with Crippen LogP contribution in [0.4, 0.5) is 5.95 Å². The first-order chi connectivity index (χ1) is 13.6. The lowest BCUT2D eigenvalue weighted by Crippen LogP contribution is -2.37. The Morgan fingerprint density at radius 2 is 1.89 bits per heavy atom. The van der Waals surface area contributed by atoms with E-state index in [1.54, 1.807) is 0 Å². The Labute approximate surface area is 172 Å². The second kappa shape index (κ2) is 6.76. The van der Waals surface area contributed by atoms with Gasteiger partial charge >= 0.3 is 0 Å². The molecule has 3 heterocycles. The maximum absolute atomic E-state index is 6.26. The molecule has 2 aromatic carbocycles. The topological polar surface area (TPSA) is 57.7 Å². The number of anilines is 1. The number of nitrogens with one attached hydrogen (secondary N) is 1. The van der Waals surface area contributed by atoms with E-state index < -0.39 is 0 Å². The summed E-state index contributed by atoms with van der Waals surface area (Å²) in [6.07, 6.45) is 2.32. The van der Waals surface area contributed by atoms with Gasteiger partial charge in [0.25, 0.3) is 0 Å². The minimum Gasteiger partial charge on any atom is -0.356 e. The van der Waals surface area contributed by atoms with E-state index in [1.807, 2.05) is 18.2 Å². The molecule has 0 fully saturated rings. The standard InChI is InChI=1S/C21H17Cl2N5/c1-12-2-4-13(5-3-12)19-18-15(16-10-14(22)6-7-17(16)26-18)8-9-28(19)21-25-11-24-20(23)27-21/h2-7,10-11,19,26H,8-9H2,1H3/t19-/m0/s1. The number of benzene rings is 2. The minimum atomic E-state index is -0.0472. The van der Waals surface area contributed by atoms with Crippen molar-refractivity contribution in [1.29, 1.82) is 0 Å². The second-order valence-electron chi connectivity index (χ2n) is 7.02. The third-order valence-corrected chi connectivity index (χ3v) is 5.69. The Kier molecular flexibility index (Phi) is 4.22. The van der Waals surface area contributed by atoms with Crippen molar-refractivity contribution >= 4 is 40.1 Å². The van der Waals surface area contributed by atoms with Gasteiger partial charge in [-0.1, -0.05) is 41.4 Å². The van der Waals surface area contributed by atoms with Crippen LogP contribution in [0.5, 0.6) is 0 Å². The van der Waals surface area contributed by atoms with Gasteiger partial charge in [-0.3, -0.25) is 0 Å². The summed E-state index contributed by atoms with van der Waals surface area (Å²) in [4.78, 5) is 18.5. The number of hydrogen-bond acceptors (Lipinski definition) is 4. The number of nitrogens with zero attached hydrogens (tertiary/aromatic N) is 4. The van der Waals surface area contributed by atoms with Crippen molar-refractivity contribution in [2.24, 2.45) is 0 Å². The van der Waals surface area contributed by atoms with Crippen LogP contribution in [0.15, 0.2) is 48.8 Å². The van der Waals surface area contributed by atoms with Crippen LogP contribution >= 0.6 is 23.2 Å². The maximum atomic E-state index is 6.26. The predicted molar refractivity (Wildman–Crippen MR) is 112 cm³/mol. The molecular formula is C21H17Cl2N5. The van der Waals surface area contributed by atoms with Crippen molar-refractivity contribution in [3.05, 3.63) is 81.5 Å². The van der Waals surface area contributed by atoms with Gasteiger partial charge in [-0.05, 0) is 54.3 Å². The average Bonchev–Trinajstić information content (AvgIpc) is 3.06. The lowest BCUT2D eigenvalue weighted by atomic mass is 9.92. The molecule has 1 aliphatic rings. The molecule has 1 aliphatic heterocycles. The van der Waals surface area contributed by atoms with Gasteiger partial charge in [0.15, 0.2) is 0 Å². The van der Waals surface area contributed by atoms with E-state index in [4.69, 9.17) is 23.2 Å². The van der Waals surface area contributed by atoms with Crippen molar-refractivity contribution in [2.75, 3.05) is 11.4 Å². The fraction of sp³-hybridized carbons (Fsp3) is 0.190. The van der Waals surface area contributed by atoms with Crippen LogP contribution in [0.3, 0.4) is 0 Å². The number of aryl methyl sites for hydroxylation is 1. The van der Waals surface area contributed by atoms with E-state index in [0.29, 0.717) is 5.95 Å². The average molecular weight is 410 g/mol. The molecule has 5 nitrogen and oxygen atoms in total. The summed E-state index contributed by atoms with van der Waals surface area (Å²) in [5.74, 6) is 0.577. The van der Waals surface area contributed by atoms with Gasteiger partial charge in [-0.15, -0.1) is 0 Å². The van der Waals surface area contributed by atoms with E-state index in [2.05, 4.69) is 56.0 Å². The third kappa shape index (κ3) is 2.91. The fourth-order valence-corrected chi connectivity index (χ4v) is 4.27. The molecule has 2 aromatic heterocycles. The molecule has 0 amide bonds. The number of hydrogen-bond donors (Lipinski definition) is 1. The lowest BCUT2D eigenvalue weighted by Gasteiger charge is -2.36. The van der Waals surface area contributed by atoms with Crippen LogP contribution in [0.1, 0.15) is 28.4 Å². The van der Waals surface area contributed by atoms with Crippen molar-refractivity contribution < 1.29 is 0 Å². The molecule has 1 atom stereocenters. The first-order valence-electron chi connectivity index (χ1n) is 9.08. The van der Waals surface area contributed by atoms with E-state index in [-0.39, 0.29) is 11.3 Å². The summed E-state index contributed by atoms with van der Waals surface area (Å²) in [6, 6.07) is 14.5. The number of aromatic amines is 1. The SMILES string of the molecule is Cc1ccc([C@H]2c3[nH]c4ccc(Cl)cc4c3CCN2c2ncnc(Cl)n2)cc1. The summed E-state index contributed by atoms with van der Waals surface area (Å²) < 4.78 is 0. The highest BCUT2D eigenvalue weighted by Crippen LogP contribution is 2.40. The Morgan fingerprint density at radius 3 is 2.68 bits per heavy atom. The normalized spacial score (nSPS) is 16.4. The number of aromatic nitrogens is 4. The number of halogens is 2. The molecule has 0 saturated heterocycles. The lowest BCUT2D eigenvalue weighted by molar-refractivity contribution is 0.624. The molecule has 0 saturated carbocycles. The molecule has 1 N–H and O–H groups in total. The number of fused-ring (bicyclic) bond motifs is 3. The summed E-state index contributed by atoms with van der Waals surface area (Å²) in [5, 5.41) is 2.11. The van der Waals surface area contributed by atoms with Gasteiger partial charge in [-0.2, -0.15) is 4.98 Å². The van der Waals surface area contributed by atoms with Crippen LogP contribution in [-0.2, 0) is 6.42 Å². The highest BCUT2D eigenvalue weighted by atomic mass is 35.5. The molecule has 0 spiro atoms. The Bertz CT molecular complexity index is 1170. The molecule has 0 radical (unpaired) electrons. The number of H-pyrrole nitrogens is 1. The zero-order valence-electron chi connectivity index (χ0n) is 15.2. The van der Waals surface area contributed by atoms with Gasteiger partial charge < -0.3 is 9.88 Å². The molecule has 4 aromatic rings. The Hall–Kier alpha value is -2.63. The zero-order valence-corrected chi connectivity index (χ0v) is 16.7. The first kappa shape index (κ1) is 17.5. The third-order valence-electron chi connectivity index (χ3n) is 5.27. The van der Waals surface area contributed by atoms with Crippen LogP contribution in [-0.4, -0.2) is 26.5 Å². The molecule has 140 valence electrons. The van der Waals surface area contributed by atoms with Crippen LogP contribution in [0.25, 0.3) is 10.9 Å². The van der Waals surface area contributed by atoms with Gasteiger partial charge in [-0.25, -0.2) is 9.97 Å². The Balaban J connectivity index is 1.72. The largest absolute Gasteiger partial charge is 0.356 e. The second-order valence-corrected chi connectivity index (χ2v) is 7.79. The predicted octanol–water partition coefficient (Wildman–Crippen LogP) is 5.12. The van der Waals surface area contributed by atoms with Crippen LogP contribution in [0, 0.1) is 6.92 Å². The van der Waals surface area contributed by atoms with Crippen LogP contribution in [0.2, 0.25) is 10.3 Å². The van der Waals surface area contributed by atoms with Gasteiger partial charge in [0.1, 0.15) is 6.33 Å². The summed E-state index contributed by atoms with van der Waals surface area (Å²) in [7, 11) is 0. The highest BCUT2D eigenvalue weighted by Gasteiger charge is 2.33. The van der Waals surface area contributed by atoms with Crippen molar-refractivity contribution in [2.45, 2.75) is 19.4 Å². The molecule has 0 bridgehead atoms. The summed E-state index contributed by atoms with van der Waals surface area (Å²) in [6.45, 7) is 2.86. The molecular weight excluding hydrogens is 393 g/mol. The van der Waals surface area contributed by atoms with Crippen LogP contribution < -0.4 is 4.90 Å². The van der Waals surface area contributed by atoms with Gasteiger partial charge in [0, 0.05) is 28.2 Å². The number of rotatable bonds is 2. The van der Waals surface area contributed by atoms with Crippen molar-refractivity contribution in [3.63, 3.8) is 0 Å². The smallest absolute Gasteiger partial charge is 0.230 e. The summed E-state index contributed by atoms with van der Waals surface area (Å²) in [5.41, 5.74) is 5.91. The van der Waals surface area contributed by atoms with Crippen molar-refractivity contribution in [3.8, 4) is 0 Å². The molecule has 0 unspecified atom stereocenters. The summed E-state index contributed by atoms with van der Waals surface area (Å²) >= 11 is 12.3.